The number of rotatable bonds is 1. The van der Waals surface area contributed by atoms with Gasteiger partial charge < -0.3 is 5.11 Å². The molecule has 3 aromatic carbocycles. The summed E-state index contributed by atoms with van der Waals surface area (Å²) in [5.74, 6) is -2.91. The van der Waals surface area contributed by atoms with Crippen molar-refractivity contribution >= 4 is 40.7 Å². The standard InChI is InChI=1S/C27H21Cl2NO3/c1-12-10-13(2)24(14(3)11-12)30-25(31)21-19-15-6-4-9-18(29)22(15)27(33,23(21)26(30)32)16-7-5-8-17(28)20(16)19/h4-11,19,21,23,33H,1-3H3/t19-,21-,23+,27-/m0/s1. The number of amides is 2. The highest BCUT2D eigenvalue weighted by Gasteiger charge is 2.69. The van der Waals surface area contributed by atoms with Gasteiger partial charge in [-0.15, -0.1) is 0 Å². The SMILES string of the molecule is Cc1cc(C)c(N2C(=O)[C@H]3[C@H]4c5cccc(Cl)c5[C@@](O)(c5cccc(Cl)c54)[C@H]3C2=O)c(C)c1. The maximum absolute atomic E-state index is 14.0. The van der Waals surface area contributed by atoms with E-state index in [1.807, 2.05) is 45.0 Å². The Balaban J connectivity index is 1.66. The van der Waals surface area contributed by atoms with E-state index < -0.39 is 29.3 Å². The predicted octanol–water partition coefficient (Wildman–Crippen LogP) is 5.42. The molecular weight excluding hydrogens is 457 g/mol. The predicted molar refractivity (Wildman–Crippen MR) is 128 cm³/mol. The second-order valence-corrected chi connectivity index (χ2v) is 10.2. The number of anilines is 1. The van der Waals surface area contributed by atoms with Crippen LogP contribution in [-0.2, 0) is 15.2 Å². The van der Waals surface area contributed by atoms with Gasteiger partial charge in [0.25, 0.3) is 0 Å². The molecule has 6 heteroatoms. The average Bonchev–Trinajstić information content (AvgIpc) is 3.00. The number of benzene rings is 3. The smallest absolute Gasteiger partial charge is 0.241 e. The van der Waals surface area contributed by atoms with E-state index >= 15 is 0 Å². The zero-order chi connectivity index (χ0) is 23.4. The lowest BCUT2D eigenvalue weighted by Gasteiger charge is -2.51. The van der Waals surface area contributed by atoms with Crippen molar-refractivity contribution in [2.75, 3.05) is 4.90 Å². The molecule has 7 rings (SSSR count). The Morgan fingerprint density at radius 1 is 0.909 bits per heavy atom. The van der Waals surface area contributed by atoms with Gasteiger partial charge in [-0.1, -0.05) is 65.2 Å². The maximum Gasteiger partial charge on any atom is 0.241 e. The van der Waals surface area contributed by atoms with Crippen LogP contribution in [0.3, 0.4) is 0 Å². The van der Waals surface area contributed by atoms with Crippen molar-refractivity contribution in [1.82, 2.24) is 0 Å². The molecule has 1 aliphatic heterocycles. The Morgan fingerprint density at radius 2 is 1.55 bits per heavy atom. The van der Waals surface area contributed by atoms with Gasteiger partial charge in [0.05, 0.1) is 17.5 Å². The summed E-state index contributed by atoms with van der Waals surface area (Å²) < 4.78 is 0. The minimum atomic E-state index is -1.75. The molecule has 0 radical (unpaired) electrons. The van der Waals surface area contributed by atoms with Gasteiger partial charge in [0.15, 0.2) is 0 Å². The largest absolute Gasteiger partial charge is 0.379 e. The Morgan fingerprint density at radius 3 is 2.24 bits per heavy atom. The molecule has 0 unspecified atom stereocenters. The molecule has 1 heterocycles. The highest BCUT2D eigenvalue weighted by molar-refractivity contribution is 6.33. The summed E-state index contributed by atoms with van der Waals surface area (Å²) >= 11 is 13.3. The number of hydrogen-bond acceptors (Lipinski definition) is 3. The molecule has 4 aliphatic rings. The molecule has 1 fully saturated rings. The Hall–Kier alpha value is -2.66. The average molecular weight is 478 g/mol. The first-order valence-electron chi connectivity index (χ1n) is 10.9. The number of nitrogens with zero attached hydrogens (tertiary/aromatic N) is 1. The van der Waals surface area contributed by atoms with E-state index in [1.54, 1.807) is 24.3 Å². The third kappa shape index (κ3) is 2.41. The summed E-state index contributed by atoms with van der Waals surface area (Å²) in [6.45, 7) is 5.79. The topological polar surface area (TPSA) is 57.6 Å². The highest BCUT2D eigenvalue weighted by atomic mass is 35.5. The third-order valence-corrected chi connectivity index (χ3v) is 8.20. The molecule has 2 amide bonds. The van der Waals surface area contributed by atoms with E-state index in [9.17, 15) is 14.7 Å². The summed E-state index contributed by atoms with van der Waals surface area (Å²) in [6, 6.07) is 14.6. The summed E-state index contributed by atoms with van der Waals surface area (Å²) in [5, 5.41) is 13.2. The first-order valence-corrected chi connectivity index (χ1v) is 11.7. The number of carbonyl (C=O) groups excluding carboxylic acids is 2. The van der Waals surface area contributed by atoms with Crippen LogP contribution in [-0.4, -0.2) is 16.9 Å². The fourth-order valence-corrected chi connectivity index (χ4v) is 7.20. The molecule has 1 saturated heterocycles. The lowest BCUT2D eigenvalue weighted by molar-refractivity contribution is -0.133. The molecule has 3 aromatic rings. The number of hydrogen-bond donors (Lipinski definition) is 1. The molecule has 3 aliphatic carbocycles. The van der Waals surface area contributed by atoms with Crippen molar-refractivity contribution in [3.05, 3.63) is 97.5 Å². The van der Waals surface area contributed by atoms with Crippen LogP contribution in [0.2, 0.25) is 10.0 Å². The lowest BCUT2D eigenvalue weighted by atomic mass is 9.52. The first kappa shape index (κ1) is 20.9. The summed E-state index contributed by atoms with van der Waals surface area (Å²) in [6.07, 6.45) is 0. The van der Waals surface area contributed by atoms with Crippen LogP contribution in [0.4, 0.5) is 5.69 Å². The molecule has 4 atom stereocenters. The van der Waals surface area contributed by atoms with Crippen LogP contribution in [0.15, 0.2) is 48.5 Å². The van der Waals surface area contributed by atoms with Crippen molar-refractivity contribution in [2.24, 2.45) is 11.8 Å². The summed E-state index contributed by atoms with van der Waals surface area (Å²) in [5.41, 5.74) is 4.12. The first-order chi connectivity index (χ1) is 15.7. The monoisotopic (exact) mass is 477 g/mol. The molecular formula is C27H21Cl2NO3. The second kappa shape index (κ2) is 6.69. The fraction of sp³-hybridized carbons (Fsp3) is 0.259. The van der Waals surface area contributed by atoms with E-state index in [2.05, 4.69) is 0 Å². The van der Waals surface area contributed by atoms with Gasteiger partial charge >= 0.3 is 0 Å². The summed E-state index contributed by atoms with van der Waals surface area (Å²) in [4.78, 5) is 29.3. The molecule has 166 valence electrons. The van der Waals surface area contributed by atoms with Crippen molar-refractivity contribution < 1.29 is 14.7 Å². The second-order valence-electron chi connectivity index (χ2n) is 9.41. The van der Waals surface area contributed by atoms with Crippen LogP contribution in [0.1, 0.15) is 44.9 Å². The van der Waals surface area contributed by atoms with Gasteiger partial charge in [-0.05, 0) is 60.7 Å². The molecule has 4 nitrogen and oxygen atoms in total. The molecule has 2 bridgehead atoms. The minimum Gasteiger partial charge on any atom is -0.379 e. The number of imide groups is 1. The Bertz CT molecular complexity index is 1390. The normalized spacial score (nSPS) is 27.0. The van der Waals surface area contributed by atoms with Crippen LogP contribution in [0, 0.1) is 32.6 Å². The van der Waals surface area contributed by atoms with Crippen molar-refractivity contribution in [2.45, 2.75) is 32.3 Å². The Kier molecular flexibility index (Phi) is 4.24. The molecule has 0 aromatic heterocycles. The van der Waals surface area contributed by atoms with E-state index in [0.29, 0.717) is 32.4 Å². The highest BCUT2D eigenvalue weighted by Crippen LogP contribution is 2.65. The van der Waals surface area contributed by atoms with Gasteiger partial charge in [-0.2, -0.15) is 0 Å². The summed E-state index contributed by atoms with van der Waals surface area (Å²) in [7, 11) is 0. The number of aryl methyl sites for hydroxylation is 3. The van der Waals surface area contributed by atoms with Crippen molar-refractivity contribution in [3.63, 3.8) is 0 Å². The van der Waals surface area contributed by atoms with Crippen LogP contribution in [0.5, 0.6) is 0 Å². The molecule has 0 saturated carbocycles. The zero-order valence-corrected chi connectivity index (χ0v) is 19.8. The van der Waals surface area contributed by atoms with Gasteiger partial charge in [0.1, 0.15) is 5.60 Å². The molecule has 1 N–H and O–H groups in total. The van der Waals surface area contributed by atoms with Gasteiger partial charge in [0, 0.05) is 21.5 Å². The van der Waals surface area contributed by atoms with E-state index in [-0.39, 0.29) is 5.91 Å². The van der Waals surface area contributed by atoms with Crippen LogP contribution >= 0.6 is 23.2 Å². The third-order valence-electron chi connectivity index (χ3n) is 7.56. The van der Waals surface area contributed by atoms with Crippen LogP contribution in [0.25, 0.3) is 0 Å². The van der Waals surface area contributed by atoms with Crippen molar-refractivity contribution in [1.29, 1.82) is 0 Å². The molecule has 0 spiro atoms. The minimum absolute atomic E-state index is 0.306. The lowest BCUT2D eigenvalue weighted by Crippen LogP contribution is -2.53. The van der Waals surface area contributed by atoms with Crippen LogP contribution < -0.4 is 4.90 Å². The van der Waals surface area contributed by atoms with Gasteiger partial charge in [-0.25, -0.2) is 4.90 Å². The number of carbonyl (C=O) groups is 2. The van der Waals surface area contributed by atoms with Gasteiger partial charge in [-0.3, -0.25) is 9.59 Å². The van der Waals surface area contributed by atoms with Crippen molar-refractivity contribution in [3.8, 4) is 0 Å². The van der Waals surface area contributed by atoms with E-state index in [4.69, 9.17) is 23.2 Å². The maximum atomic E-state index is 14.0. The van der Waals surface area contributed by atoms with Gasteiger partial charge in [0.2, 0.25) is 11.8 Å². The zero-order valence-electron chi connectivity index (χ0n) is 18.3. The Labute approximate surface area is 201 Å². The van der Waals surface area contributed by atoms with E-state index in [0.717, 1.165) is 22.3 Å². The van der Waals surface area contributed by atoms with E-state index in [1.165, 1.54) is 4.90 Å². The number of aliphatic hydroxyl groups is 1. The quantitative estimate of drug-likeness (QED) is 0.476. The number of halogens is 2. The molecule has 33 heavy (non-hydrogen) atoms. The fourth-order valence-electron chi connectivity index (χ4n) is 6.59.